The van der Waals surface area contributed by atoms with E-state index in [2.05, 4.69) is 29.5 Å². The van der Waals surface area contributed by atoms with Crippen molar-refractivity contribution in [2.45, 2.75) is 39.3 Å². The van der Waals surface area contributed by atoms with Crippen molar-refractivity contribution in [1.82, 2.24) is 15.5 Å². The van der Waals surface area contributed by atoms with Gasteiger partial charge in [0.2, 0.25) is 5.91 Å². The topological polar surface area (TPSA) is 56.7 Å². The van der Waals surface area contributed by atoms with E-state index in [4.69, 9.17) is 0 Å². The van der Waals surface area contributed by atoms with Crippen LogP contribution in [0, 0.1) is 5.92 Å². The molecule has 0 spiro atoms. The Balaban J connectivity index is 3.97. The first kappa shape index (κ1) is 20.5. The lowest BCUT2D eigenvalue weighted by Crippen LogP contribution is -2.45. The molecule has 0 rings (SSSR count). The lowest BCUT2D eigenvalue weighted by Gasteiger charge is -2.20. The van der Waals surface area contributed by atoms with Crippen LogP contribution < -0.4 is 10.6 Å². The van der Waals surface area contributed by atoms with Crippen molar-refractivity contribution < 1.29 is 18.0 Å². The second kappa shape index (κ2) is 10.3. The highest BCUT2D eigenvalue weighted by Crippen LogP contribution is 2.15. The number of halogens is 3. The van der Waals surface area contributed by atoms with Crippen LogP contribution in [0.5, 0.6) is 0 Å². The monoisotopic (exact) mass is 324 g/mol. The van der Waals surface area contributed by atoms with Gasteiger partial charge in [-0.1, -0.05) is 26.7 Å². The predicted molar refractivity (Wildman–Crippen MR) is 81.7 cm³/mol. The summed E-state index contributed by atoms with van der Waals surface area (Å²) in [5, 5.41) is 5.75. The third-order valence-electron chi connectivity index (χ3n) is 2.97. The zero-order valence-electron chi connectivity index (χ0n) is 13.8. The molecule has 0 bridgehead atoms. The number of aliphatic imine (C=N–C) groups is 1. The highest BCUT2D eigenvalue weighted by molar-refractivity contribution is 5.86. The van der Waals surface area contributed by atoms with Crippen LogP contribution in [-0.4, -0.2) is 56.7 Å². The summed E-state index contributed by atoms with van der Waals surface area (Å²) in [6, 6.07) is 0. The first-order valence-electron chi connectivity index (χ1n) is 7.41. The van der Waals surface area contributed by atoms with Crippen molar-refractivity contribution in [1.29, 1.82) is 0 Å². The quantitative estimate of drug-likeness (QED) is 0.408. The number of likely N-dealkylation sites (N-methyl/N-ethyl adjacent to an activating group) is 1. The number of rotatable bonds is 8. The SMILES string of the molecule is CN=C(NCCCCC(C)C)NCC(=O)N(C)CC(F)(F)F. The molecule has 0 aliphatic rings. The van der Waals surface area contributed by atoms with Gasteiger partial charge in [-0.3, -0.25) is 9.79 Å². The second-order valence-corrected chi connectivity index (χ2v) is 5.61. The molecule has 0 unspecified atom stereocenters. The highest BCUT2D eigenvalue weighted by Gasteiger charge is 2.31. The second-order valence-electron chi connectivity index (χ2n) is 5.61. The fraction of sp³-hybridized carbons (Fsp3) is 0.857. The summed E-state index contributed by atoms with van der Waals surface area (Å²) in [5.41, 5.74) is 0. The van der Waals surface area contributed by atoms with Gasteiger partial charge < -0.3 is 15.5 Å². The summed E-state index contributed by atoms with van der Waals surface area (Å²) in [4.78, 5) is 16.1. The van der Waals surface area contributed by atoms with Crippen LogP contribution in [0.2, 0.25) is 0 Å². The molecule has 5 nitrogen and oxygen atoms in total. The molecule has 0 fully saturated rings. The van der Waals surface area contributed by atoms with Gasteiger partial charge in [0.1, 0.15) is 6.54 Å². The zero-order valence-corrected chi connectivity index (χ0v) is 13.8. The predicted octanol–water partition coefficient (Wildman–Crippen LogP) is 2.00. The number of nitrogens with one attached hydrogen (secondary N) is 2. The van der Waals surface area contributed by atoms with Gasteiger partial charge >= 0.3 is 6.18 Å². The van der Waals surface area contributed by atoms with E-state index in [0.717, 1.165) is 26.3 Å². The summed E-state index contributed by atoms with van der Waals surface area (Å²) < 4.78 is 36.5. The van der Waals surface area contributed by atoms with Crippen LogP contribution >= 0.6 is 0 Å². The van der Waals surface area contributed by atoms with Crippen LogP contribution in [0.4, 0.5) is 13.2 Å². The maximum absolute atomic E-state index is 12.2. The zero-order chi connectivity index (χ0) is 17.2. The summed E-state index contributed by atoms with van der Waals surface area (Å²) in [7, 11) is 2.67. The van der Waals surface area contributed by atoms with Crippen molar-refractivity contribution in [2.24, 2.45) is 10.9 Å². The number of hydrogen-bond donors (Lipinski definition) is 2. The first-order valence-corrected chi connectivity index (χ1v) is 7.41. The third kappa shape index (κ3) is 11.2. The average molecular weight is 324 g/mol. The van der Waals surface area contributed by atoms with Crippen LogP contribution in [0.15, 0.2) is 4.99 Å². The fourth-order valence-electron chi connectivity index (χ4n) is 1.76. The molecule has 2 N–H and O–H groups in total. The molecule has 0 aromatic rings. The molecular formula is C14H27F3N4O. The smallest absolute Gasteiger partial charge is 0.356 e. The van der Waals surface area contributed by atoms with E-state index in [-0.39, 0.29) is 6.54 Å². The molecule has 0 aliphatic heterocycles. The molecule has 1 amide bonds. The Bertz CT molecular complexity index is 356. The van der Waals surface area contributed by atoms with Crippen LogP contribution in [0.3, 0.4) is 0 Å². The third-order valence-corrected chi connectivity index (χ3v) is 2.97. The minimum atomic E-state index is -4.39. The Morgan fingerprint density at radius 1 is 1.23 bits per heavy atom. The maximum atomic E-state index is 12.2. The van der Waals surface area contributed by atoms with E-state index in [1.165, 1.54) is 0 Å². The molecule has 0 atom stereocenters. The Morgan fingerprint density at radius 2 is 1.86 bits per heavy atom. The van der Waals surface area contributed by atoms with Crippen molar-refractivity contribution in [3.8, 4) is 0 Å². The Morgan fingerprint density at radius 3 is 2.36 bits per heavy atom. The Hall–Kier alpha value is -1.47. The first-order chi connectivity index (χ1) is 10.2. The standard InChI is InChI=1S/C14H27F3N4O/c1-11(2)7-5-6-8-19-13(18-3)20-9-12(22)21(4)10-14(15,16)17/h11H,5-10H2,1-4H3,(H2,18,19,20). The largest absolute Gasteiger partial charge is 0.406 e. The van der Waals surface area contributed by atoms with Gasteiger partial charge in [0.05, 0.1) is 6.54 Å². The van der Waals surface area contributed by atoms with Crippen molar-refractivity contribution in [2.75, 3.05) is 33.7 Å². The lowest BCUT2D eigenvalue weighted by atomic mass is 10.1. The van der Waals surface area contributed by atoms with E-state index in [9.17, 15) is 18.0 Å². The number of carbonyl (C=O) groups is 1. The molecule has 0 saturated heterocycles. The molecule has 0 aromatic heterocycles. The van der Waals surface area contributed by atoms with Gasteiger partial charge in [0.15, 0.2) is 5.96 Å². The average Bonchev–Trinajstić information content (AvgIpc) is 2.39. The van der Waals surface area contributed by atoms with Crippen LogP contribution in [0.25, 0.3) is 0 Å². The molecular weight excluding hydrogens is 297 g/mol. The Kier molecular flexibility index (Phi) is 9.60. The van der Waals surface area contributed by atoms with Gasteiger partial charge in [-0.05, 0) is 12.3 Å². The van der Waals surface area contributed by atoms with E-state index in [0.29, 0.717) is 23.3 Å². The summed E-state index contributed by atoms with van der Waals surface area (Å²) in [6.45, 7) is 3.56. The summed E-state index contributed by atoms with van der Waals surface area (Å²) in [5.74, 6) is 0.442. The molecule has 130 valence electrons. The normalized spacial score (nSPS) is 12.5. The van der Waals surface area contributed by atoms with Crippen LogP contribution in [0.1, 0.15) is 33.1 Å². The molecule has 0 aliphatic carbocycles. The highest BCUT2D eigenvalue weighted by atomic mass is 19.4. The van der Waals surface area contributed by atoms with E-state index < -0.39 is 18.6 Å². The molecule has 0 heterocycles. The molecule has 0 aromatic carbocycles. The van der Waals surface area contributed by atoms with E-state index >= 15 is 0 Å². The Labute approximate surface area is 130 Å². The van der Waals surface area contributed by atoms with E-state index in [1.807, 2.05) is 0 Å². The number of amides is 1. The number of alkyl halides is 3. The van der Waals surface area contributed by atoms with Crippen LogP contribution in [-0.2, 0) is 4.79 Å². The summed E-state index contributed by atoms with van der Waals surface area (Å²) >= 11 is 0. The number of unbranched alkanes of at least 4 members (excludes halogenated alkanes) is 1. The molecule has 0 radical (unpaired) electrons. The lowest BCUT2D eigenvalue weighted by molar-refractivity contribution is -0.157. The maximum Gasteiger partial charge on any atom is 0.406 e. The molecule has 22 heavy (non-hydrogen) atoms. The van der Waals surface area contributed by atoms with Gasteiger partial charge in [-0.15, -0.1) is 0 Å². The van der Waals surface area contributed by atoms with Gasteiger partial charge in [0, 0.05) is 20.6 Å². The minimum Gasteiger partial charge on any atom is -0.356 e. The van der Waals surface area contributed by atoms with Crippen molar-refractivity contribution in [3.63, 3.8) is 0 Å². The van der Waals surface area contributed by atoms with E-state index in [1.54, 1.807) is 7.05 Å². The molecule has 8 heteroatoms. The molecule has 0 saturated carbocycles. The van der Waals surface area contributed by atoms with Gasteiger partial charge in [-0.2, -0.15) is 13.2 Å². The van der Waals surface area contributed by atoms with Gasteiger partial charge in [-0.25, -0.2) is 0 Å². The number of nitrogens with zero attached hydrogens (tertiary/aromatic N) is 2. The number of guanidine groups is 1. The number of carbonyl (C=O) groups excluding carboxylic acids is 1. The fourth-order valence-corrected chi connectivity index (χ4v) is 1.76. The van der Waals surface area contributed by atoms with Crippen molar-refractivity contribution >= 4 is 11.9 Å². The summed E-state index contributed by atoms with van der Waals surface area (Å²) in [6.07, 6.45) is -1.18. The number of hydrogen-bond acceptors (Lipinski definition) is 2. The van der Waals surface area contributed by atoms with Crippen molar-refractivity contribution in [3.05, 3.63) is 0 Å². The van der Waals surface area contributed by atoms with Gasteiger partial charge in [0.25, 0.3) is 0 Å². The minimum absolute atomic E-state index is 0.224.